The monoisotopic (exact) mass is 257 g/mol. The fourth-order valence-electron chi connectivity index (χ4n) is 2.13. The standard InChI is InChI=1S/C12H20ClN3O/c1-9-12(13)10(2)16(15-9)5-4-14-7-11-3-6-17-8-11/h11,14H,3-8H2,1-2H3. The molecule has 4 nitrogen and oxygen atoms in total. The Morgan fingerprint density at radius 2 is 2.35 bits per heavy atom. The van der Waals surface area contributed by atoms with Crippen molar-refractivity contribution in [1.29, 1.82) is 0 Å². The Morgan fingerprint density at radius 3 is 2.94 bits per heavy atom. The number of hydrogen-bond acceptors (Lipinski definition) is 3. The Hall–Kier alpha value is -0.580. The van der Waals surface area contributed by atoms with E-state index in [2.05, 4.69) is 10.4 Å². The van der Waals surface area contributed by atoms with E-state index in [0.717, 1.165) is 49.3 Å². The highest BCUT2D eigenvalue weighted by molar-refractivity contribution is 6.31. The van der Waals surface area contributed by atoms with Gasteiger partial charge in [-0.05, 0) is 26.2 Å². The molecule has 1 saturated heterocycles. The third-order valence-electron chi connectivity index (χ3n) is 3.25. The van der Waals surface area contributed by atoms with Crippen LogP contribution in [-0.2, 0) is 11.3 Å². The zero-order valence-corrected chi connectivity index (χ0v) is 11.3. The van der Waals surface area contributed by atoms with E-state index in [0.29, 0.717) is 5.92 Å². The number of aromatic nitrogens is 2. The van der Waals surface area contributed by atoms with Gasteiger partial charge in [-0.25, -0.2) is 0 Å². The van der Waals surface area contributed by atoms with Crippen molar-refractivity contribution in [1.82, 2.24) is 15.1 Å². The van der Waals surface area contributed by atoms with Gasteiger partial charge in [-0.15, -0.1) is 0 Å². The van der Waals surface area contributed by atoms with E-state index in [4.69, 9.17) is 16.3 Å². The van der Waals surface area contributed by atoms with Crippen LogP contribution in [0.4, 0.5) is 0 Å². The number of halogens is 1. The molecule has 0 aliphatic carbocycles. The van der Waals surface area contributed by atoms with Gasteiger partial charge in [0.15, 0.2) is 0 Å². The van der Waals surface area contributed by atoms with Gasteiger partial charge in [-0.1, -0.05) is 11.6 Å². The number of nitrogens with zero attached hydrogens (tertiary/aromatic N) is 2. The molecule has 2 heterocycles. The lowest BCUT2D eigenvalue weighted by molar-refractivity contribution is 0.185. The Morgan fingerprint density at radius 1 is 1.53 bits per heavy atom. The first-order chi connectivity index (χ1) is 8.18. The normalized spacial score (nSPS) is 20.1. The molecule has 1 aromatic rings. The minimum atomic E-state index is 0.680. The zero-order valence-electron chi connectivity index (χ0n) is 10.5. The SMILES string of the molecule is Cc1nn(CCNCC2CCOC2)c(C)c1Cl. The van der Waals surface area contributed by atoms with Gasteiger partial charge in [-0.2, -0.15) is 5.10 Å². The third-order valence-corrected chi connectivity index (χ3v) is 3.80. The third kappa shape index (κ3) is 3.21. The van der Waals surface area contributed by atoms with E-state index in [1.165, 1.54) is 6.42 Å². The predicted molar refractivity (Wildman–Crippen MR) is 68.5 cm³/mol. The van der Waals surface area contributed by atoms with Crippen LogP contribution in [0.2, 0.25) is 5.02 Å². The first-order valence-corrected chi connectivity index (χ1v) is 6.54. The summed E-state index contributed by atoms with van der Waals surface area (Å²) in [5.41, 5.74) is 1.96. The summed E-state index contributed by atoms with van der Waals surface area (Å²) in [7, 11) is 0. The molecule has 0 aromatic carbocycles. The van der Waals surface area contributed by atoms with Crippen LogP contribution in [-0.4, -0.2) is 36.1 Å². The molecular weight excluding hydrogens is 238 g/mol. The second-order valence-electron chi connectivity index (χ2n) is 4.64. The summed E-state index contributed by atoms with van der Waals surface area (Å²) < 4.78 is 7.30. The minimum absolute atomic E-state index is 0.680. The molecule has 0 radical (unpaired) electrons. The van der Waals surface area contributed by atoms with Crippen molar-refractivity contribution in [2.45, 2.75) is 26.8 Å². The van der Waals surface area contributed by atoms with E-state index in [-0.39, 0.29) is 0 Å². The summed E-state index contributed by atoms with van der Waals surface area (Å²) in [4.78, 5) is 0. The van der Waals surface area contributed by atoms with E-state index >= 15 is 0 Å². The molecule has 2 rings (SSSR count). The largest absolute Gasteiger partial charge is 0.381 e. The number of rotatable bonds is 5. The topological polar surface area (TPSA) is 39.1 Å². The van der Waals surface area contributed by atoms with Gasteiger partial charge >= 0.3 is 0 Å². The molecule has 96 valence electrons. The summed E-state index contributed by atoms with van der Waals surface area (Å²) in [6.45, 7) is 8.59. The van der Waals surface area contributed by atoms with Crippen molar-refractivity contribution in [3.8, 4) is 0 Å². The highest BCUT2D eigenvalue weighted by atomic mass is 35.5. The molecule has 1 aliphatic rings. The highest BCUT2D eigenvalue weighted by Gasteiger charge is 2.14. The summed E-state index contributed by atoms with van der Waals surface area (Å²) >= 11 is 6.09. The molecule has 17 heavy (non-hydrogen) atoms. The van der Waals surface area contributed by atoms with Crippen molar-refractivity contribution in [2.24, 2.45) is 5.92 Å². The molecule has 0 spiro atoms. The molecular formula is C12H20ClN3O. The Labute approximate surface area is 107 Å². The van der Waals surface area contributed by atoms with Crippen molar-refractivity contribution < 1.29 is 4.74 Å². The minimum Gasteiger partial charge on any atom is -0.381 e. The van der Waals surface area contributed by atoms with Crippen LogP contribution in [0.1, 0.15) is 17.8 Å². The maximum absolute atomic E-state index is 6.09. The van der Waals surface area contributed by atoms with E-state index in [1.54, 1.807) is 0 Å². The van der Waals surface area contributed by atoms with E-state index in [9.17, 15) is 0 Å². The van der Waals surface area contributed by atoms with Crippen LogP contribution in [0.15, 0.2) is 0 Å². The average Bonchev–Trinajstić information content (AvgIpc) is 2.90. The quantitative estimate of drug-likeness (QED) is 0.818. The van der Waals surface area contributed by atoms with Gasteiger partial charge in [0.1, 0.15) is 0 Å². The van der Waals surface area contributed by atoms with Crippen molar-refractivity contribution in [3.63, 3.8) is 0 Å². The number of hydrogen-bond donors (Lipinski definition) is 1. The molecule has 0 saturated carbocycles. The first kappa shape index (κ1) is 12.9. The number of nitrogens with one attached hydrogen (secondary N) is 1. The van der Waals surface area contributed by atoms with Crippen molar-refractivity contribution in [3.05, 3.63) is 16.4 Å². The molecule has 1 unspecified atom stereocenters. The van der Waals surface area contributed by atoms with Crippen LogP contribution < -0.4 is 5.32 Å². The molecule has 1 fully saturated rings. The summed E-state index contributed by atoms with van der Waals surface area (Å²) in [6.07, 6.45) is 1.18. The van der Waals surface area contributed by atoms with Crippen LogP contribution in [0.5, 0.6) is 0 Å². The van der Waals surface area contributed by atoms with Gasteiger partial charge in [0.25, 0.3) is 0 Å². The van der Waals surface area contributed by atoms with Gasteiger partial charge in [-0.3, -0.25) is 4.68 Å². The smallest absolute Gasteiger partial charge is 0.0844 e. The van der Waals surface area contributed by atoms with Gasteiger partial charge in [0.2, 0.25) is 0 Å². The fraction of sp³-hybridized carbons (Fsp3) is 0.750. The van der Waals surface area contributed by atoms with Crippen LogP contribution in [0.25, 0.3) is 0 Å². The molecule has 1 aromatic heterocycles. The predicted octanol–water partition coefficient (Wildman–Crippen LogP) is 1.78. The first-order valence-electron chi connectivity index (χ1n) is 6.16. The Kier molecular flexibility index (Phi) is 4.42. The maximum atomic E-state index is 6.09. The highest BCUT2D eigenvalue weighted by Crippen LogP contribution is 2.18. The zero-order chi connectivity index (χ0) is 12.3. The second-order valence-corrected chi connectivity index (χ2v) is 5.02. The lowest BCUT2D eigenvalue weighted by Gasteiger charge is -2.10. The maximum Gasteiger partial charge on any atom is 0.0844 e. The Bertz CT molecular complexity index is 372. The lowest BCUT2D eigenvalue weighted by atomic mass is 10.1. The van der Waals surface area contributed by atoms with Gasteiger partial charge in [0.05, 0.1) is 29.6 Å². The number of ether oxygens (including phenoxy) is 1. The van der Waals surface area contributed by atoms with Crippen LogP contribution in [0, 0.1) is 19.8 Å². The lowest BCUT2D eigenvalue weighted by Crippen LogP contribution is -2.27. The second kappa shape index (κ2) is 5.85. The molecule has 0 amide bonds. The average molecular weight is 258 g/mol. The fourth-order valence-corrected chi connectivity index (χ4v) is 2.26. The summed E-state index contributed by atoms with van der Waals surface area (Å²) in [5, 5.41) is 8.63. The summed E-state index contributed by atoms with van der Waals surface area (Å²) in [6, 6.07) is 0. The Balaban J connectivity index is 1.72. The van der Waals surface area contributed by atoms with E-state index in [1.807, 2.05) is 18.5 Å². The van der Waals surface area contributed by atoms with E-state index < -0.39 is 0 Å². The van der Waals surface area contributed by atoms with Crippen molar-refractivity contribution in [2.75, 3.05) is 26.3 Å². The molecule has 5 heteroatoms. The molecule has 1 N–H and O–H groups in total. The molecule has 1 aliphatic heterocycles. The van der Waals surface area contributed by atoms with Crippen LogP contribution in [0.3, 0.4) is 0 Å². The van der Waals surface area contributed by atoms with Crippen LogP contribution >= 0.6 is 11.6 Å². The summed E-state index contributed by atoms with van der Waals surface area (Å²) in [5.74, 6) is 0.680. The van der Waals surface area contributed by atoms with Crippen molar-refractivity contribution >= 4 is 11.6 Å². The molecule has 0 bridgehead atoms. The number of aryl methyl sites for hydroxylation is 1. The van der Waals surface area contributed by atoms with Gasteiger partial charge < -0.3 is 10.1 Å². The molecule has 1 atom stereocenters. The van der Waals surface area contributed by atoms with Gasteiger partial charge in [0, 0.05) is 19.7 Å².